The first-order chi connectivity index (χ1) is 24.3. The normalized spacial score (nSPS) is 12.4. The minimum absolute atomic E-state index is 0.775. The number of para-hydroxylation sites is 1. The fourth-order valence-electron chi connectivity index (χ4n) is 8.34. The monoisotopic (exact) mass is 624 g/mol. The van der Waals surface area contributed by atoms with Crippen LogP contribution < -0.4 is 0 Å². The van der Waals surface area contributed by atoms with Crippen LogP contribution >= 0.6 is 0 Å². The van der Waals surface area contributed by atoms with Crippen LogP contribution in [-0.4, -0.2) is 0 Å². The Morgan fingerprint density at radius 3 is 1.80 bits per heavy atom. The maximum Gasteiger partial charge on any atom is 0.179 e. The highest BCUT2D eigenvalue weighted by molar-refractivity contribution is 6.28. The Morgan fingerprint density at radius 1 is 0.388 bits per heavy atom. The third-order valence-corrected chi connectivity index (χ3v) is 10.5. The first-order valence-corrected chi connectivity index (χ1v) is 16.9. The zero-order valence-corrected chi connectivity index (χ0v) is 26.5. The fraction of sp³-hybridized carbons (Fsp3) is 0.0213. The number of hydrogen-bond acceptors (Lipinski definition) is 2. The Hall–Kier alpha value is -6.38. The van der Waals surface area contributed by atoms with Crippen LogP contribution in [0.15, 0.2) is 167 Å². The summed E-state index contributed by atoms with van der Waals surface area (Å²) in [4.78, 5) is 0. The lowest BCUT2D eigenvalue weighted by Gasteiger charge is -2.19. The van der Waals surface area contributed by atoms with Crippen molar-refractivity contribution in [2.24, 2.45) is 0 Å². The van der Waals surface area contributed by atoms with Crippen molar-refractivity contribution in [1.29, 1.82) is 0 Å². The van der Waals surface area contributed by atoms with Crippen molar-refractivity contribution in [3.8, 4) is 44.7 Å². The molecule has 1 aliphatic rings. The molecule has 0 bridgehead atoms. The lowest BCUT2D eigenvalue weighted by molar-refractivity contribution is 0.611. The predicted octanol–water partition coefficient (Wildman–Crippen LogP) is 13.2. The molecule has 0 spiro atoms. The van der Waals surface area contributed by atoms with E-state index in [1.807, 2.05) is 24.3 Å². The Morgan fingerprint density at radius 2 is 1.02 bits per heavy atom. The van der Waals surface area contributed by atoms with Gasteiger partial charge in [-0.1, -0.05) is 133 Å². The van der Waals surface area contributed by atoms with Crippen molar-refractivity contribution in [1.82, 2.24) is 0 Å². The molecular weight excluding hydrogens is 597 g/mol. The van der Waals surface area contributed by atoms with Crippen LogP contribution in [0, 0.1) is 0 Å². The first kappa shape index (κ1) is 26.7. The average Bonchev–Trinajstić information content (AvgIpc) is 3.87. The van der Waals surface area contributed by atoms with Gasteiger partial charge in [-0.15, -0.1) is 0 Å². The molecular formula is C47H28O2. The van der Waals surface area contributed by atoms with Crippen molar-refractivity contribution in [3.05, 3.63) is 169 Å². The van der Waals surface area contributed by atoms with Crippen LogP contribution in [0.5, 0.6) is 0 Å². The Kier molecular flexibility index (Phi) is 5.47. The minimum Gasteiger partial charge on any atom is -0.452 e. The van der Waals surface area contributed by atoms with Gasteiger partial charge in [0, 0.05) is 21.7 Å². The molecule has 0 saturated heterocycles. The van der Waals surface area contributed by atoms with E-state index in [2.05, 4.69) is 133 Å². The van der Waals surface area contributed by atoms with Crippen molar-refractivity contribution in [2.45, 2.75) is 6.42 Å². The number of hydrogen-bond donors (Lipinski definition) is 0. The molecule has 0 saturated carbocycles. The van der Waals surface area contributed by atoms with Crippen LogP contribution in [-0.2, 0) is 6.42 Å². The van der Waals surface area contributed by atoms with Gasteiger partial charge in [0.1, 0.15) is 11.3 Å². The number of benzene rings is 8. The van der Waals surface area contributed by atoms with Gasteiger partial charge in [-0.25, -0.2) is 0 Å². The Bertz CT molecular complexity index is 2900. The molecule has 0 aliphatic heterocycles. The Balaban J connectivity index is 1.25. The number of fused-ring (bicyclic) bond motifs is 10. The fourth-order valence-corrected chi connectivity index (χ4v) is 8.34. The summed E-state index contributed by atoms with van der Waals surface area (Å²) < 4.78 is 13.3. The summed E-state index contributed by atoms with van der Waals surface area (Å²) in [7, 11) is 0. The molecule has 0 atom stereocenters. The number of rotatable bonds is 3. The zero-order valence-electron chi connectivity index (χ0n) is 26.5. The summed E-state index contributed by atoms with van der Waals surface area (Å²) in [6.07, 6.45) is 0.989. The molecule has 2 nitrogen and oxygen atoms in total. The molecule has 0 fully saturated rings. The van der Waals surface area contributed by atoms with E-state index in [9.17, 15) is 0 Å². The third-order valence-electron chi connectivity index (χ3n) is 10.5. The zero-order chi connectivity index (χ0) is 32.1. The molecule has 0 amide bonds. The van der Waals surface area contributed by atoms with Gasteiger partial charge in [-0.3, -0.25) is 0 Å². The summed E-state index contributed by atoms with van der Waals surface area (Å²) in [6, 6.07) is 56.8. The van der Waals surface area contributed by atoms with Crippen LogP contribution in [0.2, 0.25) is 0 Å². The average molecular weight is 625 g/mol. The van der Waals surface area contributed by atoms with Gasteiger partial charge in [-0.2, -0.15) is 0 Å². The SMILES string of the molecule is c1ccc(-c2cc3cc(-c4c5ccccc5c(-c5ccc6c(c5)-c5ccccc5C6)c5ccccc45)c4c5ccccc5oc4c3o2)cc1. The van der Waals surface area contributed by atoms with Crippen LogP contribution in [0.25, 0.3) is 99.2 Å². The van der Waals surface area contributed by atoms with E-state index in [1.165, 1.54) is 60.5 Å². The van der Waals surface area contributed by atoms with Gasteiger partial charge in [0.2, 0.25) is 0 Å². The summed E-state index contributed by atoms with van der Waals surface area (Å²) >= 11 is 0. The summed E-state index contributed by atoms with van der Waals surface area (Å²) in [5.41, 5.74) is 13.8. The second-order valence-corrected chi connectivity index (χ2v) is 13.2. The molecule has 228 valence electrons. The maximum atomic E-state index is 6.67. The van der Waals surface area contributed by atoms with E-state index < -0.39 is 0 Å². The van der Waals surface area contributed by atoms with Gasteiger partial charge in [0.15, 0.2) is 11.2 Å². The lowest BCUT2D eigenvalue weighted by atomic mass is 9.84. The highest BCUT2D eigenvalue weighted by atomic mass is 16.4. The van der Waals surface area contributed by atoms with E-state index in [4.69, 9.17) is 8.83 Å². The molecule has 8 aromatic carbocycles. The van der Waals surface area contributed by atoms with Crippen LogP contribution in [0.1, 0.15) is 11.1 Å². The second kappa shape index (κ2) is 10.1. The molecule has 0 radical (unpaired) electrons. The topological polar surface area (TPSA) is 26.3 Å². The van der Waals surface area contributed by atoms with Crippen molar-refractivity contribution in [3.63, 3.8) is 0 Å². The highest BCUT2D eigenvalue weighted by Crippen LogP contribution is 2.50. The predicted molar refractivity (Wildman–Crippen MR) is 203 cm³/mol. The van der Waals surface area contributed by atoms with Crippen molar-refractivity contribution < 1.29 is 8.83 Å². The quantitative estimate of drug-likeness (QED) is 0.183. The molecule has 2 aromatic heterocycles. The van der Waals surface area contributed by atoms with Gasteiger partial charge in [0.25, 0.3) is 0 Å². The van der Waals surface area contributed by atoms with Crippen LogP contribution in [0.4, 0.5) is 0 Å². The molecule has 10 aromatic rings. The minimum atomic E-state index is 0.775. The maximum absolute atomic E-state index is 6.67. The molecule has 11 rings (SSSR count). The molecule has 49 heavy (non-hydrogen) atoms. The van der Waals surface area contributed by atoms with E-state index in [0.717, 1.165) is 56.2 Å². The summed E-state index contributed by atoms with van der Waals surface area (Å²) in [5, 5.41) is 8.09. The van der Waals surface area contributed by atoms with Crippen LogP contribution in [0.3, 0.4) is 0 Å². The number of furan rings is 2. The highest BCUT2D eigenvalue weighted by Gasteiger charge is 2.25. The third kappa shape index (κ3) is 3.83. The van der Waals surface area contributed by atoms with Gasteiger partial charge in [0.05, 0.1) is 0 Å². The second-order valence-electron chi connectivity index (χ2n) is 13.2. The summed E-state index contributed by atoms with van der Waals surface area (Å²) in [5.74, 6) is 0.831. The van der Waals surface area contributed by atoms with E-state index in [-0.39, 0.29) is 0 Å². The summed E-state index contributed by atoms with van der Waals surface area (Å²) in [6.45, 7) is 0. The van der Waals surface area contributed by atoms with E-state index in [1.54, 1.807) is 0 Å². The standard InChI is InChI=1S/C47H28O2/c1-2-12-28(13-3-1)42-27-32-26-40(45-38-20-10-11-21-41(38)48-47(45)46(32)49-42)44-36-18-8-6-16-34(36)43(35-17-7-9-19-37(35)44)31-23-22-30-24-29-14-4-5-15-33(29)39(30)25-31/h1-23,25-27H,24H2. The smallest absolute Gasteiger partial charge is 0.179 e. The molecule has 2 heterocycles. The van der Waals surface area contributed by atoms with Crippen molar-refractivity contribution in [2.75, 3.05) is 0 Å². The molecule has 1 aliphatic carbocycles. The molecule has 2 heteroatoms. The Labute approximate surface area is 282 Å². The first-order valence-electron chi connectivity index (χ1n) is 16.9. The van der Waals surface area contributed by atoms with Gasteiger partial charge < -0.3 is 8.83 Å². The van der Waals surface area contributed by atoms with Gasteiger partial charge in [-0.05, 0) is 96.7 Å². The molecule has 0 unspecified atom stereocenters. The van der Waals surface area contributed by atoms with Crippen molar-refractivity contribution >= 4 is 54.5 Å². The lowest BCUT2D eigenvalue weighted by Crippen LogP contribution is -1.92. The molecule has 0 N–H and O–H groups in total. The van der Waals surface area contributed by atoms with E-state index >= 15 is 0 Å². The van der Waals surface area contributed by atoms with Gasteiger partial charge >= 0.3 is 0 Å². The largest absolute Gasteiger partial charge is 0.452 e. The van der Waals surface area contributed by atoms with E-state index in [0.29, 0.717) is 0 Å².